The van der Waals surface area contributed by atoms with Crippen molar-refractivity contribution in [3.8, 4) is 28.7 Å². The average molecular weight is 520 g/mol. The van der Waals surface area contributed by atoms with Gasteiger partial charge in [0.1, 0.15) is 0 Å². The smallest absolute Gasteiger partial charge is 0.254 e. The van der Waals surface area contributed by atoms with Gasteiger partial charge in [0.15, 0.2) is 0 Å². The SMILES string of the molecule is C/C=C/C1CCCN1C(=O)c1cc(-c2nnc(C(C)N)o2)cc(-c2ccccc2C#N)c1.Cc1ccccc1. The number of hydrogen-bond acceptors (Lipinski definition) is 6. The van der Waals surface area contributed by atoms with E-state index in [1.54, 1.807) is 19.1 Å². The molecule has 4 aromatic rings. The third kappa shape index (κ3) is 6.67. The monoisotopic (exact) mass is 519 g/mol. The molecular weight excluding hydrogens is 486 g/mol. The molecule has 0 bridgehead atoms. The van der Waals surface area contributed by atoms with Crippen molar-refractivity contribution < 1.29 is 9.21 Å². The third-order valence-corrected chi connectivity index (χ3v) is 6.53. The van der Waals surface area contributed by atoms with Crippen LogP contribution in [0.2, 0.25) is 0 Å². The Kier molecular flexibility index (Phi) is 9.03. The fourth-order valence-corrected chi connectivity index (χ4v) is 4.56. The molecule has 2 atom stereocenters. The normalized spacial score (nSPS) is 15.5. The summed E-state index contributed by atoms with van der Waals surface area (Å²) in [7, 11) is 0. The topological polar surface area (TPSA) is 109 Å². The number of likely N-dealkylation sites (tertiary alicyclic amines) is 1. The molecule has 0 radical (unpaired) electrons. The molecule has 1 aliphatic heterocycles. The van der Waals surface area contributed by atoms with Crippen molar-refractivity contribution in [2.24, 2.45) is 5.73 Å². The van der Waals surface area contributed by atoms with Gasteiger partial charge in [0.05, 0.1) is 23.7 Å². The van der Waals surface area contributed by atoms with Crippen LogP contribution in [0.4, 0.5) is 0 Å². The molecule has 0 spiro atoms. The number of nitrogens with two attached hydrogens (primary N) is 1. The molecule has 198 valence electrons. The van der Waals surface area contributed by atoms with Gasteiger partial charge in [-0.1, -0.05) is 66.2 Å². The Hall–Kier alpha value is -4.54. The van der Waals surface area contributed by atoms with Crippen molar-refractivity contribution in [3.05, 3.63) is 108 Å². The van der Waals surface area contributed by atoms with Crippen LogP contribution in [0.15, 0.2) is 89.4 Å². The first-order chi connectivity index (χ1) is 18.9. The van der Waals surface area contributed by atoms with Crippen LogP contribution in [0.1, 0.15) is 60.1 Å². The first-order valence-electron chi connectivity index (χ1n) is 13.1. The first kappa shape index (κ1) is 27.5. The minimum atomic E-state index is -0.397. The molecule has 2 heterocycles. The van der Waals surface area contributed by atoms with E-state index in [2.05, 4.69) is 41.4 Å². The standard InChI is InChI=1S/C25H25N5O2.C7H8/c1-3-7-21-9-6-11-30(21)25(31)20-13-18(22-10-5-4-8-17(22)15-26)12-19(14-20)24-29-28-23(32-24)16(2)27;1-7-5-3-2-4-6-7/h3-5,7-8,10,12-14,16,21H,6,9,11,27H2,1-2H3;2-6H,1H3/b7-3+;. The zero-order valence-electron chi connectivity index (χ0n) is 22.5. The number of amides is 1. The van der Waals surface area contributed by atoms with Gasteiger partial charge in [0.2, 0.25) is 11.8 Å². The second-order valence-electron chi connectivity index (χ2n) is 9.58. The molecule has 0 aliphatic carbocycles. The molecule has 39 heavy (non-hydrogen) atoms. The van der Waals surface area contributed by atoms with Crippen molar-refractivity contribution in [1.82, 2.24) is 15.1 Å². The lowest BCUT2D eigenvalue weighted by Crippen LogP contribution is -2.34. The largest absolute Gasteiger partial charge is 0.419 e. The van der Waals surface area contributed by atoms with Gasteiger partial charge in [-0.3, -0.25) is 4.79 Å². The summed E-state index contributed by atoms with van der Waals surface area (Å²) in [4.78, 5) is 15.4. The number of nitrogens with zero attached hydrogens (tertiary/aromatic N) is 4. The Balaban J connectivity index is 0.000000438. The van der Waals surface area contributed by atoms with E-state index in [-0.39, 0.29) is 17.8 Å². The summed E-state index contributed by atoms with van der Waals surface area (Å²) < 4.78 is 5.75. The van der Waals surface area contributed by atoms with Gasteiger partial charge in [-0.2, -0.15) is 5.26 Å². The van der Waals surface area contributed by atoms with E-state index in [0.717, 1.165) is 24.0 Å². The highest BCUT2D eigenvalue weighted by atomic mass is 16.4. The number of carbonyl (C=O) groups excluding carboxylic acids is 1. The number of carbonyl (C=O) groups is 1. The van der Waals surface area contributed by atoms with Crippen molar-refractivity contribution >= 4 is 5.91 Å². The number of rotatable bonds is 5. The van der Waals surface area contributed by atoms with Crippen LogP contribution in [-0.4, -0.2) is 33.6 Å². The lowest BCUT2D eigenvalue weighted by Gasteiger charge is -2.23. The highest BCUT2D eigenvalue weighted by Gasteiger charge is 2.28. The van der Waals surface area contributed by atoms with Crippen molar-refractivity contribution in [3.63, 3.8) is 0 Å². The molecule has 1 aliphatic rings. The summed E-state index contributed by atoms with van der Waals surface area (Å²) in [6.07, 6.45) is 5.95. The van der Waals surface area contributed by atoms with E-state index in [0.29, 0.717) is 29.1 Å². The van der Waals surface area contributed by atoms with Crippen LogP contribution in [0.5, 0.6) is 0 Å². The number of hydrogen-bond donors (Lipinski definition) is 1. The second-order valence-corrected chi connectivity index (χ2v) is 9.58. The molecule has 0 saturated carbocycles. The predicted octanol–water partition coefficient (Wildman–Crippen LogP) is 6.47. The van der Waals surface area contributed by atoms with E-state index in [4.69, 9.17) is 10.2 Å². The summed E-state index contributed by atoms with van der Waals surface area (Å²) in [5, 5.41) is 17.7. The first-order valence-corrected chi connectivity index (χ1v) is 13.1. The number of aryl methyl sites for hydroxylation is 1. The molecule has 1 aromatic heterocycles. The van der Waals surface area contributed by atoms with Crippen LogP contribution >= 0.6 is 0 Å². The maximum absolute atomic E-state index is 13.5. The van der Waals surface area contributed by atoms with E-state index in [9.17, 15) is 10.1 Å². The molecule has 1 amide bonds. The number of nitriles is 1. The fraction of sp³-hybridized carbons (Fsp3) is 0.250. The lowest BCUT2D eigenvalue weighted by atomic mass is 9.95. The van der Waals surface area contributed by atoms with Gasteiger partial charge in [0.25, 0.3) is 5.91 Å². The van der Waals surface area contributed by atoms with E-state index in [1.807, 2.05) is 66.4 Å². The van der Waals surface area contributed by atoms with Crippen LogP contribution in [0.3, 0.4) is 0 Å². The molecule has 1 saturated heterocycles. The number of allylic oxidation sites excluding steroid dienone is 1. The minimum absolute atomic E-state index is 0.0601. The van der Waals surface area contributed by atoms with Gasteiger partial charge in [0, 0.05) is 17.7 Å². The van der Waals surface area contributed by atoms with Crippen LogP contribution < -0.4 is 5.73 Å². The predicted molar refractivity (Wildman–Crippen MR) is 153 cm³/mol. The summed E-state index contributed by atoms with van der Waals surface area (Å²) in [5.41, 5.74) is 10.3. The highest BCUT2D eigenvalue weighted by molar-refractivity contribution is 5.97. The average Bonchev–Trinajstić information content (AvgIpc) is 3.64. The maximum Gasteiger partial charge on any atom is 0.254 e. The Bertz CT molecular complexity index is 1480. The zero-order chi connectivity index (χ0) is 27.8. The molecule has 2 unspecified atom stereocenters. The summed E-state index contributed by atoms with van der Waals surface area (Å²) >= 11 is 0. The minimum Gasteiger partial charge on any atom is -0.419 e. The van der Waals surface area contributed by atoms with Crippen molar-refractivity contribution in [2.45, 2.75) is 45.7 Å². The fourth-order valence-electron chi connectivity index (χ4n) is 4.56. The van der Waals surface area contributed by atoms with Crippen LogP contribution in [-0.2, 0) is 0 Å². The van der Waals surface area contributed by atoms with E-state index in [1.165, 1.54) is 5.56 Å². The van der Waals surface area contributed by atoms with Gasteiger partial charge < -0.3 is 15.1 Å². The second kappa shape index (κ2) is 12.8. The molecule has 7 heteroatoms. The van der Waals surface area contributed by atoms with Gasteiger partial charge >= 0.3 is 0 Å². The van der Waals surface area contributed by atoms with Gasteiger partial charge in [-0.15, -0.1) is 10.2 Å². The Morgan fingerprint density at radius 2 is 1.82 bits per heavy atom. The summed E-state index contributed by atoms with van der Waals surface area (Å²) in [6, 6.07) is 24.9. The molecule has 3 aromatic carbocycles. The van der Waals surface area contributed by atoms with E-state index >= 15 is 0 Å². The van der Waals surface area contributed by atoms with Crippen LogP contribution in [0, 0.1) is 18.3 Å². The Morgan fingerprint density at radius 1 is 1.10 bits per heavy atom. The molecular formula is C32H33N5O2. The number of aromatic nitrogens is 2. The zero-order valence-corrected chi connectivity index (χ0v) is 22.5. The van der Waals surface area contributed by atoms with E-state index < -0.39 is 6.04 Å². The molecule has 1 fully saturated rings. The Labute approximate surface area is 229 Å². The lowest BCUT2D eigenvalue weighted by molar-refractivity contribution is 0.0761. The van der Waals surface area contributed by atoms with Crippen LogP contribution in [0.25, 0.3) is 22.6 Å². The molecule has 2 N–H and O–H groups in total. The third-order valence-electron chi connectivity index (χ3n) is 6.53. The van der Waals surface area contributed by atoms with Crippen molar-refractivity contribution in [1.29, 1.82) is 5.26 Å². The summed E-state index contributed by atoms with van der Waals surface area (Å²) in [5.74, 6) is 0.549. The summed E-state index contributed by atoms with van der Waals surface area (Å²) in [6.45, 7) is 6.52. The molecule has 5 rings (SSSR count). The van der Waals surface area contributed by atoms with Crippen molar-refractivity contribution in [2.75, 3.05) is 6.54 Å². The Morgan fingerprint density at radius 3 is 2.46 bits per heavy atom. The van der Waals surface area contributed by atoms with Gasteiger partial charge in [-0.25, -0.2) is 0 Å². The highest BCUT2D eigenvalue weighted by Crippen LogP contribution is 2.32. The quantitative estimate of drug-likeness (QED) is 0.303. The molecule has 7 nitrogen and oxygen atoms in total. The number of benzene rings is 3. The van der Waals surface area contributed by atoms with Gasteiger partial charge in [-0.05, 0) is 69.0 Å². The maximum atomic E-state index is 13.5.